The van der Waals surface area contributed by atoms with Crippen molar-refractivity contribution in [1.29, 1.82) is 5.26 Å². The number of nitrogens with two attached hydrogens (primary N) is 1. The van der Waals surface area contributed by atoms with Crippen LogP contribution in [0.3, 0.4) is 0 Å². The standard InChI is InChI=1S/C20H14F2N4O2/c1-27-12-5-2-10(3-6-12)18-17-16(13-7-4-11(21)8-15(13)22)14(9-23)19(24)28-20(17)26-25-18/h2-8,16H,24H2,1H3,(H,25,26). The molecule has 1 aromatic heterocycles. The van der Waals surface area contributed by atoms with E-state index in [0.29, 0.717) is 17.0 Å². The highest BCUT2D eigenvalue weighted by atomic mass is 19.1. The number of ether oxygens (including phenoxy) is 2. The molecule has 0 saturated heterocycles. The van der Waals surface area contributed by atoms with Gasteiger partial charge in [-0.05, 0) is 30.3 Å². The summed E-state index contributed by atoms with van der Waals surface area (Å²) in [7, 11) is 1.56. The molecule has 0 aliphatic carbocycles. The number of aromatic amines is 1. The first-order valence-corrected chi connectivity index (χ1v) is 8.28. The highest BCUT2D eigenvalue weighted by Crippen LogP contribution is 2.46. The van der Waals surface area contributed by atoms with Crippen LogP contribution < -0.4 is 15.2 Å². The van der Waals surface area contributed by atoms with Gasteiger partial charge in [0.25, 0.3) is 0 Å². The molecule has 140 valence electrons. The number of nitrogens with zero attached hydrogens (tertiary/aromatic N) is 2. The molecule has 3 N–H and O–H groups in total. The maximum Gasteiger partial charge on any atom is 0.244 e. The van der Waals surface area contributed by atoms with Crippen LogP contribution in [0, 0.1) is 23.0 Å². The van der Waals surface area contributed by atoms with Crippen molar-refractivity contribution in [3.8, 4) is 29.0 Å². The van der Waals surface area contributed by atoms with Gasteiger partial charge in [0.1, 0.15) is 29.0 Å². The molecular weight excluding hydrogens is 366 g/mol. The second-order valence-corrected chi connectivity index (χ2v) is 6.14. The zero-order valence-electron chi connectivity index (χ0n) is 14.7. The molecule has 0 radical (unpaired) electrons. The SMILES string of the molecule is COc1ccc(-c2[nH]nc3c2C(c2ccc(F)cc2F)C(C#N)=C(N)O3)cc1. The normalized spacial score (nSPS) is 15.6. The highest BCUT2D eigenvalue weighted by molar-refractivity contribution is 5.71. The zero-order valence-corrected chi connectivity index (χ0v) is 14.7. The van der Waals surface area contributed by atoms with E-state index in [9.17, 15) is 14.0 Å². The molecule has 0 fully saturated rings. The number of nitrogens with one attached hydrogen (secondary N) is 1. The van der Waals surface area contributed by atoms with E-state index in [2.05, 4.69) is 10.2 Å². The molecule has 2 heterocycles. The van der Waals surface area contributed by atoms with Gasteiger partial charge in [-0.1, -0.05) is 6.07 Å². The van der Waals surface area contributed by atoms with Crippen LogP contribution in [0.1, 0.15) is 17.0 Å². The molecule has 0 amide bonds. The lowest BCUT2D eigenvalue weighted by molar-refractivity contribution is 0.378. The van der Waals surface area contributed by atoms with E-state index >= 15 is 0 Å². The van der Waals surface area contributed by atoms with E-state index < -0.39 is 17.6 Å². The van der Waals surface area contributed by atoms with Crippen molar-refractivity contribution in [2.75, 3.05) is 7.11 Å². The Morgan fingerprint density at radius 2 is 1.96 bits per heavy atom. The Bertz CT molecular complexity index is 1130. The monoisotopic (exact) mass is 380 g/mol. The molecular formula is C20H14F2N4O2. The van der Waals surface area contributed by atoms with E-state index in [-0.39, 0.29) is 22.9 Å². The molecule has 8 heteroatoms. The fourth-order valence-corrected chi connectivity index (χ4v) is 3.27. The molecule has 3 aromatic rings. The molecule has 0 spiro atoms. The first kappa shape index (κ1) is 17.5. The van der Waals surface area contributed by atoms with Crippen LogP contribution in [-0.4, -0.2) is 17.3 Å². The number of fused-ring (bicyclic) bond motifs is 1. The summed E-state index contributed by atoms with van der Waals surface area (Å²) < 4.78 is 38.7. The van der Waals surface area contributed by atoms with Crippen LogP contribution in [-0.2, 0) is 0 Å². The number of nitriles is 1. The van der Waals surface area contributed by atoms with Crippen LogP contribution in [0.2, 0.25) is 0 Å². The van der Waals surface area contributed by atoms with Gasteiger partial charge in [-0.25, -0.2) is 8.78 Å². The van der Waals surface area contributed by atoms with E-state index in [1.807, 2.05) is 6.07 Å². The summed E-state index contributed by atoms with van der Waals surface area (Å²) in [6.07, 6.45) is 0. The van der Waals surface area contributed by atoms with E-state index in [1.165, 1.54) is 6.07 Å². The lowest BCUT2D eigenvalue weighted by Gasteiger charge is -2.24. The summed E-state index contributed by atoms with van der Waals surface area (Å²) >= 11 is 0. The molecule has 2 aromatic carbocycles. The lowest BCUT2D eigenvalue weighted by atomic mass is 9.82. The maximum absolute atomic E-state index is 14.6. The minimum atomic E-state index is -0.898. The molecule has 1 unspecified atom stereocenters. The molecule has 4 rings (SSSR count). The van der Waals surface area contributed by atoms with Crippen LogP contribution in [0.25, 0.3) is 11.3 Å². The Balaban J connectivity index is 1.93. The van der Waals surface area contributed by atoms with Crippen molar-refractivity contribution in [2.45, 2.75) is 5.92 Å². The van der Waals surface area contributed by atoms with Gasteiger partial charge in [0, 0.05) is 17.2 Å². The van der Waals surface area contributed by atoms with Crippen LogP contribution in [0.5, 0.6) is 11.6 Å². The van der Waals surface area contributed by atoms with Crippen LogP contribution >= 0.6 is 0 Å². The maximum atomic E-state index is 14.6. The summed E-state index contributed by atoms with van der Waals surface area (Å²) in [6, 6.07) is 12.3. The molecule has 0 bridgehead atoms. The van der Waals surface area contributed by atoms with Gasteiger partial charge in [0.15, 0.2) is 0 Å². The number of aromatic nitrogens is 2. The minimum Gasteiger partial charge on any atom is -0.497 e. The van der Waals surface area contributed by atoms with Gasteiger partial charge in [-0.2, -0.15) is 5.26 Å². The van der Waals surface area contributed by atoms with Crippen molar-refractivity contribution in [2.24, 2.45) is 5.73 Å². The van der Waals surface area contributed by atoms with Crippen molar-refractivity contribution in [3.05, 3.63) is 76.7 Å². The van der Waals surface area contributed by atoms with Gasteiger partial charge < -0.3 is 15.2 Å². The Hall–Kier alpha value is -3.86. The number of halogens is 2. The second kappa shape index (κ2) is 6.70. The van der Waals surface area contributed by atoms with Gasteiger partial charge in [0.05, 0.1) is 24.3 Å². The fourth-order valence-electron chi connectivity index (χ4n) is 3.27. The number of allylic oxidation sites excluding steroid dienone is 1. The van der Waals surface area contributed by atoms with E-state index in [4.69, 9.17) is 15.2 Å². The Kier molecular flexibility index (Phi) is 4.20. The van der Waals surface area contributed by atoms with Gasteiger partial charge >= 0.3 is 0 Å². The molecule has 1 atom stereocenters. The topological polar surface area (TPSA) is 97.0 Å². The quantitative estimate of drug-likeness (QED) is 0.724. The Morgan fingerprint density at radius 1 is 1.21 bits per heavy atom. The van der Waals surface area contributed by atoms with Crippen LogP contribution in [0.15, 0.2) is 53.9 Å². The molecule has 6 nitrogen and oxygen atoms in total. The van der Waals surface area contributed by atoms with Crippen molar-refractivity contribution >= 4 is 0 Å². The third-order valence-corrected chi connectivity index (χ3v) is 4.59. The fraction of sp³-hybridized carbons (Fsp3) is 0.100. The predicted octanol–water partition coefficient (Wildman–Crippen LogP) is 3.58. The molecule has 1 aliphatic heterocycles. The average Bonchev–Trinajstić information content (AvgIpc) is 3.10. The first-order chi connectivity index (χ1) is 13.5. The van der Waals surface area contributed by atoms with Crippen molar-refractivity contribution < 1.29 is 18.3 Å². The van der Waals surface area contributed by atoms with E-state index in [1.54, 1.807) is 31.4 Å². The predicted molar refractivity (Wildman–Crippen MR) is 96.2 cm³/mol. The van der Waals surface area contributed by atoms with Crippen molar-refractivity contribution in [1.82, 2.24) is 10.2 Å². The molecule has 0 saturated carbocycles. The number of rotatable bonds is 3. The third kappa shape index (κ3) is 2.74. The largest absolute Gasteiger partial charge is 0.497 e. The third-order valence-electron chi connectivity index (χ3n) is 4.59. The smallest absolute Gasteiger partial charge is 0.244 e. The summed E-state index contributed by atoms with van der Waals surface area (Å²) in [5.74, 6) is -1.78. The molecule has 28 heavy (non-hydrogen) atoms. The number of H-pyrrole nitrogens is 1. The summed E-state index contributed by atoms with van der Waals surface area (Å²) in [6.45, 7) is 0. The summed E-state index contributed by atoms with van der Waals surface area (Å²) in [5, 5.41) is 16.6. The number of benzene rings is 2. The van der Waals surface area contributed by atoms with Crippen molar-refractivity contribution in [3.63, 3.8) is 0 Å². The number of hydrogen-bond acceptors (Lipinski definition) is 5. The first-order valence-electron chi connectivity index (χ1n) is 8.28. The van der Waals surface area contributed by atoms with Gasteiger partial charge in [-0.3, -0.25) is 5.10 Å². The summed E-state index contributed by atoms with van der Waals surface area (Å²) in [5.41, 5.74) is 7.69. The lowest BCUT2D eigenvalue weighted by Crippen LogP contribution is -2.21. The average molecular weight is 380 g/mol. The van der Waals surface area contributed by atoms with Crippen LogP contribution in [0.4, 0.5) is 8.78 Å². The highest BCUT2D eigenvalue weighted by Gasteiger charge is 2.37. The number of hydrogen-bond donors (Lipinski definition) is 2. The number of methoxy groups -OCH3 is 1. The minimum absolute atomic E-state index is 0.0224. The Labute approximate surface area is 158 Å². The Morgan fingerprint density at radius 3 is 2.61 bits per heavy atom. The molecule has 1 aliphatic rings. The van der Waals surface area contributed by atoms with Gasteiger partial charge in [-0.15, -0.1) is 5.10 Å². The van der Waals surface area contributed by atoms with Gasteiger partial charge in [0.2, 0.25) is 11.8 Å². The zero-order chi connectivity index (χ0) is 19.8. The van der Waals surface area contributed by atoms with E-state index in [0.717, 1.165) is 17.7 Å². The second-order valence-electron chi connectivity index (χ2n) is 6.14. The summed E-state index contributed by atoms with van der Waals surface area (Å²) in [4.78, 5) is 0.